The molecule has 0 amide bonds. The van der Waals surface area contributed by atoms with Gasteiger partial charge in [-0.1, -0.05) is 0 Å². The highest BCUT2D eigenvalue weighted by molar-refractivity contribution is 7.99. The van der Waals surface area contributed by atoms with Crippen LogP contribution in [0.2, 0.25) is 0 Å². The molecule has 7 nitrogen and oxygen atoms in total. The maximum Gasteiger partial charge on any atom is 0.197 e. The Morgan fingerprint density at radius 1 is 1.12 bits per heavy atom. The number of aromatic nitrogens is 5. The first-order valence-corrected chi connectivity index (χ1v) is 11.3. The zero-order valence-corrected chi connectivity index (χ0v) is 15.8. The Morgan fingerprint density at radius 3 is 2.62 bits per heavy atom. The molecular weight excluding hydrogens is 370 g/mol. The molecule has 2 aliphatic rings. The van der Waals surface area contributed by atoms with Crippen molar-refractivity contribution in [1.82, 2.24) is 24.7 Å². The fourth-order valence-corrected chi connectivity index (χ4v) is 4.68. The summed E-state index contributed by atoms with van der Waals surface area (Å²) in [5.41, 5.74) is 0.717. The Kier molecular flexibility index (Phi) is 3.58. The summed E-state index contributed by atoms with van der Waals surface area (Å²) in [5, 5.41) is 11.1. The van der Waals surface area contributed by atoms with Gasteiger partial charge in [-0.3, -0.25) is 0 Å². The van der Waals surface area contributed by atoms with Crippen LogP contribution in [0, 0.1) is 0 Å². The van der Waals surface area contributed by atoms with Crippen molar-refractivity contribution in [2.45, 2.75) is 52.7 Å². The van der Waals surface area contributed by atoms with Crippen LogP contribution in [0.25, 0.3) is 10.9 Å². The van der Waals surface area contributed by atoms with Gasteiger partial charge >= 0.3 is 0 Å². The molecule has 0 spiro atoms. The van der Waals surface area contributed by atoms with Crippen molar-refractivity contribution in [3.05, 3.63) is 30.4 Å². The van der Waals surface area contributed by atoms with E-state index in [0.717, 1.165) is 34.7 Å². The average molecular weight is 387 g/mol. The SMILES string of the molecule is CS(=O)(=O)c1ccc2ncnc(Sc3nnc(C4CC4)n3C3CC3)c2c1. The van der Waals surface area contributed by atoms with Crippen LogP contribution in [0.15, 0.2) is 39.6 Å². The molecule has 26 heavy (non-hydrogen) atoms. The third kappa shape index (κ3) is 2.88. The van der Waals surface area contributed by atoms with Gasteiger partial charge in [0.25, 0.3) is 0 Å². The lowest BCUT2D eigenvalue weighted by Gasteiger charge is -2.09. The number of rotatable bonds is 5. The highest BCUT2D eigenvalue weighted by Crippen LogP contribution is 2.47. The molecule has 3 aromatic rings. The minimum atomic E-state index is -3.29. The Hall–Kier alpha value is -2.00. The number of hydrogen-bond acceptors (Lipinski definition) is 7. The lowest BCUT2D eigenvalue weighted by molar-refractivity contribution is 0.602. The van der Waals surface area contributed by atoms with Gasteiger partial charge in [-0.05, 0) is 55.6 Å². The number of nitrogens with zero attached hydrogens (tertiary/aromatic N) is 5. The van der Waals surface area contributed by atoms with Gasteiger partial charge in [-0.2, -0.15) is 0 Å². The van der Waals surface area contributed by atoms with Crippen molar-refractivity contribution < 1.29 is 8.42 Å². The van der Waals surface area contributed by atoms with E-state index in [0.29, 0.717) is 17.0 Å². The van der Waals surface area contributed by atoms with Gasteiger partial charge < -0.3 is 4.57 Å². The summed E-state index contributed by atoms with van der Waals surface area (Å²) in [4.78, 5) is 8.92. The van der Waals surface area contributed by atoms with Crippen molar-refractivity contribution in [2.75, 3.05) is 6.26 Å². The van der Waals surface area contributed by atoms with E-state index in [1.807, 2.05) is 0 Å². The van der Waals surface area contributed by atoms with E-state index < -0.39 is 9.84 Å². The molecule has 0 atom stereocenters. The van der Waals surface area contributed by atoms with Crippen LogP contribution in [0.3, 0.4) is 0 Å². The maximum absolute atomic E-state index is 11.9. The molecule has 0 bridgehead atoms. The first kappa shape index (κ1) is 16.2. The summed E-state index contributed by atoms with van der Waals surface area (Å²) in [7, 11) is -3.29. The molecule has 2 saturated carbocycles. The Morgan fingerprint density at radius 2 is 1.92 bits per heavy atom. The van der Waals surface area contributed by atoms with Crippen LogP contribution in [-0.2, 0) is 9.84 Å². The number of sulfone groups is 1. The molecule has 9 heteroatoms. The monoisotopic (exact) mass is 387 g/mol. The smallest absolute Gasteiger partial charge is 0.197 e. The molecule has 5 rings (SSSR count). The standard InChI is InChI=1S/C17H17N5O2S2/c1-26(23,24)12-6-7-14-13(8-12)16(19-9-18-14)25-17-21-20-15(10-2-3-10)22(17)11-4-5-11/h6-11H,2-5H2,1H3. The van der Waals surface area contributed by atoms with Crippen LogP contribution >= 0.6 is 11.8 Å². The first-order chi connectivity index (χ1) is 12.5. The Balaban J connectivity index is 1.60. The summed E-state index contributed by atoms with van der Waals surface area (Å²) in [6.07, 6.45) is 7.40. The van der Waals surface area contributed by atoms with Crippen LogP contribution in [-0.4, -0.2) is 39.4 Å². The van der Waals surface area contributed by atoms with Gasteiger partial charge in [-0.15, -0.1) is 10.2 Å². The van der Waals surface area contributed by atoms with Crippen LogP contribution in [0.1, 0.15) is 43.5 Å². The summed E-state index contributed by atoms with van der Waals surface area (Å²) in [5.74, 6) is 1.63. The molecule has 134 valence electrons. The lowest BCUT2D eigenvalue weighted by atomic mass is 10.2. The quantitative estimate of drug-likeness (QED) is 0.622. The average Bonchev–Trinajstić information content (AvgIpc) is 3.53. The van der Waals surface area contributed by atoms with E-state index in [1.165, 1.54) is 37.2 Å². The Labute approximate surface area is 155 Å². The van der Waals surface area contributed by atoms with E-state index >= 15 is 0 Å². The van der Waals surface area contributed by atoms with Gasteiger partial charge in [-0.25, -0.2) is 18.4 Å². The largest absolute Gasteiger partial charge is 0.302 e. The zero-order chi connectivity index (χ0) is 17.9. The topological polar surface area (TPSA) is 90.6 Å². The van der Waals surface area contributed by atoms with Gasteiger partial charge in [0.05, 0.1) is 10.4 Å². The second-order valence-corrected chi connectivity index (χ2v) is 9.92. The third-order valence-electron chi connectivity index (χ3n) is 4.73. The molecule has 1 aromatic carbocycles. The maximum atomic E-state index is 11.9. The van der Waals surface area contributed by atoms with Gasteiger partial charge in [0.2, 0.25) is 0 Å². The molecule has 0 unspecified atom stereocenters. The molecule has 0 aliphatic heterocycles. The molecule has 0 saturated heterocycles. The molecule has 0 N–H and O–H groups in total. The molecule has 2 fully saturated rings. The predicted molar refractivity (Wildman–Crippen MR) is 97.0 cm³/mol. The van der Waals surface area contributed by atoms with E-state index in [2.05, 4.69) is 24.7 Å². The summed E-state index contributed by atoms with van der Waals surface area (Å²) in [6.45, 7) is 0. The third-order valence-corrected chi connectivity index (χ3v) is 6.82. The minimum Gasteiger partial charge on any atom is -0.302 e. The van der Waals surface area contributed by atoms with E-state index in [-0.39, 0.29) is 4.90 Å². The van der Waals surface area contributed by atoms with Gasteiger partial charge in [0.15, 0.2) is 15.0 Å². The summed E-state index contributed by atoms with van der Waals surface area (Å²) < 4.78 is 26.1. The highest BCUT2D eigenvalue weighted by atomic mass is 32.2. The highest BCUT2D eigenvalue weighted by Gasteiger charge is 2.36. The minimum absolute atomic E-state index is 0.268. The van der Waals surface area contributed by atoms with Crippen molar-refractivity contribution in [2.24, 2.45) is 0 Å². The number of hydrogen-bond donors (Lipinski definition) is 0. The van der Waals surface area contributed by atoms with Crippen molar-refractivity contribution in [3.63, 3.8) is 0 Å². The molecule has 2 aliphatic carbocycles. The first-order valence-electron chi connectivity index (χ1n) is 8.58. The fourth-order valence-electron chi connectivity index (χ4n) is 3.06. The van der Waals surface area contributed by atoms with Crippen molar-refractivity contribution >= 4 is 32.5 Å². The van der Waals surface area contributed by atoms with Crippen molar-refractivity contribution in [3.8, 4) is 0 Å². The second kappa shape index (κ2) is 5.75. The fraction of sp³-hybridized carbons (Fsp3) is 0.412. The summed E-state index contributed by atoms with van der Waals surface area (Å²) >= 11 is 1.44. The van der Waals surface area contributed by atoms with Gasteiger partial charge in [0.1, 0.15) is 17.2 Å². The zero-order valence-electron chi connectivity index (χ0n) is 14.2. The normalized spacial score (nSPS) is 17.7. The Bertz CT molecular complexity index is 1120. The van der Waals surface area contributed by atoms with Crippen LogP contribution in [0.5, 0.6) is 0 Å². The second-order valence-electron chi connectivity index (χ2n) is 6.95. The van der Waals surface area contributed by atoms with E-state index in [9.17, 15) is 8.42 Å². The van der Waals surface area contributed by atoms with Crippen molar-refractivity contribution in [1.29, 1.82) is 0 Å². The lowest BCUT2D eigenvalue weighted by Crippen LogP contribution is -2.02. The molecule has 2 heterocycles. The van der Waals surface area contributed by atoms with Gasteiger partial charge in [0, 0.05) is 23.6 Å². The van der Waals surface area contributed by atoms with E-state index in [4.69, 9.17) is 0 Å². The molecule has 2 aromatic heterocycles. The van der Waals surface area contributed by atoms with Crippen LogP contribution < -0.4 is 0 Å². The summed E-state index contributed by atoms with van der Waals surface area (Å²) in [6, 6.07) is 5.44. The predicted octanol–water partition coefficient (Wildman–Crippen LogP) is 2.99. The number of benzene rings is 1. The molecular formula is C17H17N5O2S2. The number of fused-ring (bicyclic) bond motifs is 1. The molecule has 0 radical (unpaired) electrons. The van der Waals surface area contributed by atoms with Crippen LogP contribution in [0.4, 0.5) is 0 Å². The van der Waals surface area contributed by atoms with E-state index in [1.54, 1.807) is 18.2 Å².